The molecule has 0 spiro atoms. The Labute approximate surface area is 115 Å². The van der Waals surface area contributed by atoms with Gasteiger partial charge in [-0.05, 0) is 42.7 Å². The highest BCUT2D eigenvalue weighted by atomic mass is 16.1. The fraction of sp³-hybridized carbons (Fsp3) is 0.562. The Bertz CT molecular complexity index is 442. The molecule has 1 aliphatic rings. The lowest BCUT2D eigenvalue weighted by atomic mass is 9.87. The number of hydrogen-bond acceptors (Lipinski definition) is 2. The first-order chi connectivity index (χ1) is 9.08. The van der Waals surface area contributed by atoms with Crippen LogP contribution in [0, 0.1) is 5.92 Å². The first-order valence-corrected chi connectivity index (χ1v) is 7.21. The van der Waals surface area contributed by atoms with Gasteiger partial charge in [0.15, 0.2) is 0 Å². The van der Waals surface area contributed by atoms with E-state index in [2.05, 4.69) is 43.4 Å². The highest BCUT2D eigenvalue weighted by Crippen LogP contribution is 2.30. The van der Waals surface area contributed by atoms with Crippen molar-refractivity contribution >= 4 is 5.91 Å². The average molecular weight is 260 g/mol. The first kappa shape index (κ1) is 14.1. The second kappa shape index (κ2) is 6.20. The van der Waals surface area contributed by atoms with Crippen molar-refractivity contribution in [1.29, 1.82) is 0 Å². The normalized spacial score (nSPS) is 20.1. The van der Waals surface area contributed by atoms with E-state index in [1.54, 1.807) is 0 Å². The van der Waals surface area contributed by atoms with Gasteiger partial charge in [0.2, 0.25) is 5.91 Å². The molecular formula is C16H24N2O. The zero-order chi connectivity index (χ0) is 13.8. The van der Waals surface area contributed by atoms with E-state index in [1.165, 1.54) is 17.5 Å². The zero-order valence-electron chi connectivity index (χ0n) is 11.9. The van der Waals surface area contributed by atoms with E-state index < -0.39 is 0 Å². The second-order valence-electron chi connectivity index (χ2n) is 5.89. The van der Waals surface area contributed by atoms with Gasteiger partial charge in [-0.25, -0.2) is 0 Å². The third kappa shape index (κ3) is 3.57. The Morgan fingerprint density at radius 1 is 1.42 bits per heavy atom. The van der Waals surface area contributed by atoms with Gasteiger partial charge in [-0.2, -0.15) is 0 Å². The van der Waals surface area contributed by atoms with Gasteiger partial charge >= 0.3 is 0 Å². The van der Waals surface area contributed by atoms with Crippen LogP contribution in [0.2, 0.25) is 0 Å². The number of nitrogens with one attached hydrogen (secondary N) is 1. The lowest BCUT2D eigenvalue weighted by Gasteiger charge is -2.30. The highest BCUT2D eigenvalue weighted by molar-refractivity contribution is 5.79. The third-order valence-corrected chi connectivity index (χ3v) is 3.82. The number of rotatable bonds is 5. The Hall–Kier alpha value is -1.35. The van der Waals surface area contributed by atoms with E-state index in [0.717, 1.165) is 19.3 Å². The van der Waals surface area contributed by atoms with Crippen LogP contribution in [0.15, 0.2) is 24.3 Å². The molecule has 19 heavy (non-hydrogen) atoms. The molecular weight excluding hydrogens is 236 g/mol. The summed E-state index contributed by atoms with van der Waals surface area (Å²) in [4.78, 5) is 11.6. The van der Waals surface area contributed by atoms with Crippen LogP contribution in [-0.4, -0.2) is 11.9 Å². The van der Waals surface area contributed by atoms with Gasteiger partial charge in [-0.3, -0.25) is 10.1 Å². The van der Waals surface area contributed by atoms with Gasteiger partial charge in [0.25, 0.3) is 0 Å². The molecule has 2 atom stereocenters. The van der Waals surface area contributed by atoms with Crippen molar-refractivity contribution in [3.63, 3.8) is 0 Å². The van der Waals surface area contributed by atoms with Crippen LogP contribution in [0.5, 0.6) is 0 Å². The summed E-state index contributed by atoms with van der Waals surface area (Å²) < 4.78 is 0. The molecule has 2 rings (SSSR count). The molecule has 3 heteroatoms. The van der Waals surface area contributed by atoms with Crippen LogP contribution in [0.3, 0.4) is 0 Å². The number of amides is 1. The van der Waals surface area contributed by atoms with E-state index in [4.69, 9.17) is 5.73 Å². The fourth-order valence-corrected chi connectivity index (χ4v) is 2.91. The van der Waals surface area contributed by atoms with E-state index in [0.29, 0.717) is 5.92 Å². The number of fused-ring (bicyclic) bond motifs is 1. The summed E-state index contributed by atoms with van der Waals surface area (Å²) in [5, 5.41) is 3.47. The van der Waals surface area contributed by atoms with Crippen molar-refractivity contribution in [3.05, 3.63) is 35.4 Å². The summed E-state index contributed by atoms with van der Waals surface area (Å²) in [6, 6.07) is 8.55. The highest BCUT2D eigenvalue weighted by Gasteiger charge is 2.25. The number of nitrogens with two attached hydrogens (primary N) is 1. The largest absolute Gasteiger partial charge is 0.368 e. The number of benzene rings is 1. The summed E-state index contributed by atoms with van der Waals surface area (Å²) >= 11 is 0. The smallest absolute Gasteiger partial charge is 0.234 e. The maximum Gasteiger partial charge on any atom is 0.234 e. The second-order valence-corrected chi connectivity index (χ2v) is 5.89. The Balaban J connectivity index is 2.12. The minimum atomic E-state index is -0.239. The van der Waals surface area contributed by atoms with Crippen LogP contribution < -0.4 is 11.1 Å². The van der Waals surface area contributed by atoms with Crippen molar-refractivity contribution in [1.82, 2.24) is 5.32 Å². The molecule has 0 aliphatic heterocycles. The van der Waals surface area contributed by atoms with Crippen LogP contribution in [0.25, 0.3) is 0 Å². The molecule has 0 fully saturated rings. The minimum absolute atomic E-state index is 0.226. The molecule has 0 heterocycles. The van der Waals surface area contributed by atoms with Crippen molar-refractivity contribution in [2.75, 3.05) is 0 Å². The lowest BCUT2D eigenvalue weighted by Crippen LogP contribution is -2.44. The summed E-state index contributed by atoms with van der Waals surface area (Å²) in [7, 11) is 0. The molecule has 3 nitrogen and oxygen atoms in total. The van der Waals surface area contributed by atoms with Crippen molar-refractivity contribution < 1.29 is 4.79 Å². The number of aryl methyl sites for hydroxylation is 1. The standard InChI is InChI=1S/C16H24N2O/c1-11(2)10-15(16(17)19)18-14-9-5-7-12-6-3-4-8-13(12)14/h3-4,6,8,11,14-15,18H,5,7,9-10H2,1-2H3,(H2,17,19)/t14?,15-/m0/s1. The van der Waals surface area contributed by atoms with E-state index in [1.807, 2.05) is 0 Å². The Morgan fingerprint density at radius 2 is 2.16 bits per heavy atom. The zero-order valence-corrected chi connectivity index (χ0v) is 11.9. The lowest BCUT2D eigenvalue weighted by molar-refractivity contribution is -0.120. The molecule has 1 unspecified atom stereocenters. The van der Waals surface area contributed by atoms with Gasteiger partial charge in [-0.1, -0.05) is 38.1 Å². The molecule has 0 aromatic heterocycles. The number of carbonyl (C=O) groups excluding carboxylic acids is 1. The molecule has 0 saturated heterocycles. The molecule has 1 aliphatic carbocycles. The summed E-state index contributed by atoms with van der Waals surface area (Å²) in [5.74, 6) is 0.223. The quantitative estimate of drug-likeness (QED) is 0.855. The predicted octanol–water partition coefficient (Wildman–Crippen LogP) is 2.55. The van der Waals surface area contributed by atoms with Crippen LogP contribution >= 0.6 is 0 Å². The average Bonchev–Trinajstić information content (AvgIpc) is 2.37. The van der Waals surface area contributed by atoms with Crippen LogP contribution in [-0.2, 0) is 11.2 Å². The topological polar surface area (TPSA) is 55.1 Å². The van der Waals surface area contributed by atoms with Gasteiger partial charge < -0.3 is 5.73 Å². The van der Waals surface area contributed by atoms with E-state index in [9.17, 15) is 4.79 Å². The number of carbonyl (C=O) groups is 1. The van der Waals surface area contributed by atoms with Gasteiger partial charge in [-0.15, -0.1) is 0 Å². The van der Waals surface area contributed by atoms with Gasteiger partial charge in [0, 0.05) is 6.04 Å². The SMILES string of the molecule is CC(C)C[C@H](NC1CCCc2ccccc21)C(N)=O. The summed E-state index contributed by atoms with van der Waals surface area (Å²) in [6.07, 6.45) is 4.19. The first-order valence-electron chi connectivity index (χ1n) is 7.21. The Morgan fingerprint density at radius 3 is 2.84 bits per heavy atom. The Kier molecular flexibility index (Phi) is 4.59. The third-order valence-electron chi connectivity index (χ3n) is 3.82. The van der Waals surface area contributed by atoms with Crippen molar-refractivity contribution in [3.8, 4) is 0 Å². The summed E-state index contributed by atoms with van der Waals surface area (Å²) in [5.41, 5.74) is 8.26. The van der Waals surface area contributed by atoms with E-state index in [-0.39, 0.29) is 18.0 Å². The van der Waals surface area contributed by atoms with Gasteiger partial charge in [0.1, 0.15) is 0 Å². The van der Waals surface area contributed by atoms with Crippen molar-refractivity contribution in [2.45, 2.75) is 51.6 Å². The van der Waals surface area contributed by atoms with E-state index >= 15 is 0 Å². The molecule has 0 saturated carbocycles. The molecule has 0 radical (unpaired) electrons. The molecule has 0 bridgehead atoms. The summed E-state index contributed by atoms with van der Waals surface area (Å²) in [6.45, 7) is 4.23. The number of primary amides is 1. The monoisotopic (exact) mass is 260 g/mol. The maximum atomic E-state index is 11.6. The molecule has 1 amide bonds. The fourth-order valence-electron chi connectivity index (χ4n) is 2.91. The van der Waals surface area contributed by atoms with Crippen molar-refractivity contribution in [2.24, 2.45) is 11.7 Å². The molecule has 1 aromatic carbocycles. The van der Waals surface area contributed by atoms with Crippen LogP contribution in [0.1, 0.15) is 50.3 Å². The molecule has 3 N–H and O–H groups in total. The predicted molar refractivity (Wildman–Crippen MR) is 77.7 cm³/mol. The molecule has 104 valence electrons. The van der Waals surface area contributed by atoms with Crippen LogP contribution in [0.4, 0.5) is 0 Å². The maximum absolute atomic E-state index is 11.6. The molecule has 1 aromatic rings. The van der Waals surface area contributed by atoms with Gasteiger partial charge in [0.05, 0.1) is 6.04 Å². The minimum Gasteiger partial charge on any atom is -0.368 e. The number of hydrogen-bond donors (Lipinski definition) is 2.